The molecule has 0 aromatic heterocycles. The quantitative estimate of drug-likeness (QED) is 0.674. The molecule has 0 nitrogen and oxygen atoms in total. The second-order valence-electron chi connectivity index (χ2n) is 2.80. The van der Waals surface area contributed by atoms with E-state index in [2.05, 4.69) is 46.3 Å². The van der Waals surface area contributed by atoms with Crippen LogP contribution in [0.4, 0.5) is 0 Å². The van der Waals surface area contributed by atoms with E-state index >= 15 is 0 Å². The normalized spacial score (nSPS) is 8.60. The zero-order valence-corrected chi connectivity index (χ0v) is 8.58. The third kappa shape index (κ3) is 5.16. The topological polar surface area (TPSA) is 0 Å². The Balaban J connectivity index is 0.000000980. The van der Waals surface area contributed by atoms with Gasteiger partial charge in [-0.15, -0.1) is 0 Å². The van der Waals surface area contributed by atoms with E-state index in [1.165, 1.54) is 11.1 Å². The van der Waals surface area contributed by atoms with E-state index < -0.39 is 0 Å². The van der Waals surface area contributed by atoms with Crippen LogP contribution in [0.2, 0.25) is 0 Å². The fraction of sp³-hybridized carbons (Fsp3) is 0. The average Bonchev–Trinajstić information content (AvgIpc) is 2.20. The van der Waals surface area contributed by atoms with Gasteiger partial charge in [-0.25, -0.2) is 0 Å². The fourth-order valence-electron chi connectivity index (χ4n) is 1.22. The van der Waals surface area contributed by atoms with Crippen LogP contribution < -0.4 is 0 Å². The minimum absolute atomic E-state index is 0. The van der Waals surface area contributed by atoms with E-state index in [9.17, 15) is 0 Å². The van der Waals surface area contributed by atoms with Crippen LogP contribution in [-0.2, 0) is 0 Å². The predicted octanol–water partition coefficient (Wildman–Crippen LogP) is 2.62. The Morgan fingerprint density at radius 1 is 0.800 bits per heavy atom. The molecule has 0 aliphatic heterocycles. The Hall–Kier alpha value is 1.57. The van der Waals surface area contributed by atoms with Crippen molar-refractivity contribution in [2.45, 2.75) is 0 Å². The summed E-state index contributed by atoms with van der Waals surface area (Å²) >= 11 is 3.41. The van der Waals surface area contributed by atoms with Crippen LogP contribution >= 0.6 is 15.9 Å². The standard InChI is InChI=1S/C12H8Br.Cs.Li.2H/c13-12-8-6-11(7-9-12)10-4-2-1-3-5-10;;;;/h2-9H;;;;. The van der Waals surface area contributed by atoms with Crippen molar-refractivity contribution in [3.63, 3.8) is 0 Å². The van der Waals surface area contributed by atoms with Crippen LogP contribution in [0.25, 0.3) is 11.1 Å². The van der Waals surface area contributed by atoms with Crippen molar-refractivity contribution in [3.8, 4) is 11.1 Å². The summed E-state index contributed by atoms with van der Waals surface area (Å²) < 4.78 is 1.11. The van der Waals surface area contributed by atoms with Crippen LogP contribution in [0.15, 0.2) is 53.0 Å². The zero-order valence-electron chi connectivity index (χ0n) is 7.00. The van der Waals surface area contributed by atoms with Crippen molar-refractivity contribution in [2.24, 2.45) is 0 Å². The molecular formula is C12H10BrCsLi. The second kappa shape index (κ2) is 8.63. The number of hydrogen-bond donors (Lipinski definition) is 0. The van der Waals surface area contributed by atoms with Gasteiger partial charge >= 0.3 is 87.8 Å². The van der Waals surface area contributed by atoms with Gasteiger partial charge in [0.05, 0.1) is 0 Å². The molecule has 2 aromatic carbocycles. The van der Waals surface area contributed by atoms with Crippen molar-refractivity contribution in [1.29, 1.82) is 0 Å². The van der Waals surface area contributed by atoms with Crippen LogP contribution in [0.1, 0.15) is 0 Å². The summed E-state index contributed by atoms with van der Waals surface area (Å²) in [6, 6.07) is 19.3. The molecule has 0 atom stereocenters. The van der Waals surface area contributed by atoms with E-state index in [1.807, 2.05) is 24.3 Å². The Bertz CT molecular complexity index is 386. The minimum atomic E-state index is 0. The molecule has 2 aromatic rings. The Labute approximate surface area is 170 Å². The molecule has 0 heterocycles. The summed E-state index contributed by atoms with van der Waals surface area (Å²) in [5.74, 6) is 0. The Morgan fingerprint density at radius 2 is 1.27 bits per heavy atom. The summed E-state index contributed by atoms with van der Waals surface area (Å²) in [5, 5.41) is 0. The van der Waals surface area contributed by atoms with Gasteiger partial charge < -0.3 is 0 Å². The molecule has 0 spiro atoms. The molecule has 0 aliphatic carbocycles. The van der Waals surface area contributed by atoms with E-state index in [0.717, 1.165) is 4.47 Å². The first-order valence-corrected chi connectivity index (χ1v) is 4.87. The average molecular weight is 374 g/mol. The fourth-order valence-corrected chi connectivity index (χ4v) is 1.49. The van der Waals surface area contributed by atoms with Gasteiger partial charge in [0.2, 0.25) is 0 Å². The monoisotopic (exact) mass is 373 g/mol. The van der Waals surface area contributed by atoms with Gasteiger partial charge in [-0.3, -0.25) is 0 Å². The molecule has 0 fully saturated rings. The Kier molecular flexibility index (Phi) is 9.53. The van der Waals surface area contributed by atoms with Gasteiger partial charge in [0.15, 0.2) is 0 Å². The van der Waals surface area contributed by atoms with Gasteiger partial charge in [0, 0.05) is 4.47 Å². The number of benzene rings is 2. The van der Waals surface area contributed by atoms with Crippen molar-refractivity contribution < 1.29 is 0 Å². The van der Waals surface area contributed by atoms with E-state index in [0.29, 0.717) is 0 Å². The summed E-state index contributed by atoms with van der Waals surface area (Å²) in [4.78, 5) is 0. The van der Waals surface area contributed by atoms with Gasteiger partial charge in [0.25, 0.3) is 0 Å². The first-order chi connectivity index (χ1) is 6.36. The molecule has 0 saturated heterocycles. The van der Waals surface area contributed by atoms with Crippen molar-refractivity contribution in [2.75, 3.05) is 0 Å². The van der Waals surface area contributed by atoms with Crippen LogP contribution in [0.3, 0.4) is 0 Å². The van der Waals surface area contributed by atoms with Crippen molar-refractivity contribution in [3.05, 3.63) is 59.1 Å². The van der Waals surface area contributed by atoms with E-state index in [-0.39, 0.29) is 87.8 Å². The van der Waals surface area contributed by atoms with Gasteiger partial charge in [-0.2, -0.15) is 0 Å². The van der Waals surface area contributed by atoms with E-state index in [4.69, 9.17) is 0 Å². The summed E-state index contributed by atoms with van der Waals surface area (Å²) in [7, 11) is 0. The van der Waals surface area contributed by atoms with Crippen molar-refractivity contribution in [1.82, 2.24) is 0 Å². The number of rotatable bonds is 1. The molecule has 0 aliphatic rings. The number of halogens is 1. The zero-order chi connectivity index (χ0) is 9.10. The SMILES string of the molecule is Brc1ccc(-c2cc[c]cc2)cc1.[CsH].[LiH]. The molecule has 15 heavy (non-hydrogen) atoms. The summed E-state index contributed by atoms with van der Waals surface area (Å²) in [6.45, 7) is 0. The van der Waals surface area contributed by atoms with Gasteiger partial charge in [-0.1, -0.05) is 52.3 Å². The summed E-state index contributed by atoms with van der Waals surface area (Å²) in [6.07, 6.45) is 0. The predicted molar refractivity (Wildman–Crippen MR) is 72.7 cm³/mol. The molecular weight excluding hydrogens is 364 g/mol. The summed E-state index contributed by atoms with van der Waals surface area (Å²) in [5.41, 5.74) is 2.46. The molecule has 0 saturated carbocycles. The third-order valence-corrected chi connectivity index (χ3v) is 2.42. The first kappa shape index (κ1) is 16.6. The van der Waals surface area contributed by atoms with E-state index in [1.54, 1.807) is 0 Å². The van der Waals surface area contributed by atoms with Crippen LogP contribution in [-0.4, -0.2) is 87.8 Å². The molecule has 3 heteroatoms. The second-order valence-corrected chi connectivity index (χ2v) is 3.71. The van der Waals surface area contributed by atoms with Crippen LogP contribution in [0.5, 0.6) is 0 Å². The molecule has 0 unspecified atom stereocenters. The molecule has 1 radical (unpaired) electrons. The van der Waals surface area contributed by atoms with Gasteiger partial charge in [0.1, 0.15) is 0 Å². The molecule has 2 rings (SSSR count). The Morgan fingerprint density at radius 3 is 1.80 bits per heavy atom. The van der Waals surface area contributed by atoms with Gasteiger partial charge in [-0.05, 0) is 29.3 Å². The molecule has 0 N–H and O–H groups in total. The third-order valence-electron chi connectivity index (χ3n) is 1.90. The molecule has 67 valence electrons. The molecule has 0 bridgehead atoms. The number of hydrogen-bond acceptors (Lipinski definition) is 0. The molecule has 0 amide bonds. The maximum atomic E-state index is 3.41. The maximum absolute atomic E-state index is 3.41. The first-order valence-electron chi connectivity index (χ1n) is 4.08. The van der Waals surface area contributed by atoms with Crippen LogP contribution in [0, 0.1) is 6.07 Å². The van der Waals surface area contributed by atoms with Crippen molar-refractivity contribution >= 4 is 104 Å².